The molecule has 0 unspecified atom stereocenters. The van der Waals surface area contributed by atoms with Gasteiger partial charge in [-0.15, -0.1) is 0 Å². The summed E-state index contributed by atoms with van der Waals surface area (Å²) in [5, 5.41) is 20.6. The van der Waals surface area contributed by atoms with Crippen LogP contribution >= 0.6 is 0 Å². The molecular formula is C13H15N3O4Pt. The van der Waals surface area contributed by atoms with Gasteiger partial charge in [0.05, 0.1) is 11.9 Å². The summed E-state index contributed by atoms with van der Waals surface area (Å²) in [6.07, 6.45) is 6.31. The largest absolute Gasteiger partial charge is 4.00 e. The second-order valence-electron chi connectivity index (χ2n) is 4.49. The topological polar surface area (TPSA) is 141 Å². The van der Waals surface area contributed by atoms with Crippen molar-refractivity contribution >= 4 is 11.9 Å². The molecule has 21 heavy (non-hydrogen) atoms. The number of carboxylic acid groups (broad SMARTS) is 2. The van der Waals surface area contributed by atoms with Crippen LogP contribution in [0.25, 0.3) is 11.5 Å². The Labute approximate surface area is 137 Å². The molecule has 2 N–H and O–H groups in total. The molecule has 1 saturated carbocycles. The zero-order chi connectivity index (χ0) is 15.1. The van der Waals surface area contributed by atoms with Crippen LogP contribution in [0.5, 0.6) is 0 Å². The fourth-order valence-electron chi connectivity index (χ4n) is 1.87. The second kappa shape index (κ2) is 9.60. The Morgan fingerprint density at radius 2 is 1.52 bits per heavy atom. The van der Waals surface area contributed by atoms with Crippen LogP contribution in [0.1, 0.15) is 46.4 Å². The molecular weight excluding hydrogens is 457 g/mol. The molecule has 0 aliphatic heterocycles. The van der Waals surface area contributed by atoms with Gasteiger partial charge in [-0.3, -0.25) is 4.98 Å². The second-order valence-corrected chi connectivity index (χ2v) is 4.49. The summed E-state index contributed by atoms with van der Waals surface area (Å²) >= 11 is 0. The predicted molar refractivity (Wildman–Crippen MR) is 67.6 cm³/mol. The Morgan fingerprint density at radius 3 is 1.86 bits per heavy atom. The zero-order valence-corrected chi connectivity index (χ0v) is 13.4. The van der Waals surface area contributed by atoms with E-state index in [-0.39, 0.29) is 33.1 Å². The number of pyridine rings is 1. The Morgan fingerprint density at radius 1 is 1.05 bits per heavy atom. The summed E-state index contributed by atoms with van der Waals surface area (Å²) in [6, 6.07) is 0.882. The molecule has 0 bridgehead atoms. The molecule has 2 atom stereocenters. The molecule has 1 aromatic heterocycles. The van der Waals surface area contributed by atoms with Gasteiger partial charge in [0.15, 0.2) is 0 Å². The minimum absolute atomic E-state index is 0. The van der Waals surface area contributed by atoms with Gasteiger partial charge < -0.3 is 31.3 Å². The first kappa shape index (κ1) is 19.7. The molecule has 0 aromatic carbocycles. The molecule has 1 aliphatic carbocycles. The van der Waals surface area contributed by atoms with E-state index in [0.717, 1.165) is 31.3 Å². The Bertz CT molecular complexity index is 441. The van der Waals surface area contributed by atoms with Crippen molar-refractivity contribution < 1.29 is 40.9 Å². The number of carboxylic acids is 2. The van der Waals surface area contributed by atoms with E-state index in [1.54, 1.807) is 0 Å². The standard InChI is InChI=1S/C7H5NO4.C6H12N2.Pt/c9-6(10)4-1-2-8-3-5(4)7(11)12;7-5-3-1-2-4-6(5)8;/h1-3H,(H,9,10)(H,11,12);5-8H,1-4H2;/q;-2;+4/p-2/t;5-,6-;/m.1./s1. The Kier molecular flexibility index (Phi) is 9.01. The maximum atomic E-state index is 10.3. The average molecular weight is 472 g/mol. The molecule has 0 saturated heterocycles. The first-order valence-electron chi connectivity index (χ1n) is 6.22. The van der Waals surface area contributed by atoms with Crippen molar-refractivity contribution in [2.24, 2.45) is 0 Å². The molecule has 0 radical (unpaired) electrons. The molecule has 2 rings (SSSR count). The predicted octanol–water partition coefficient (Wildman–Crippen LogP) is 0.208. The molecule has 1 heterocycles. The monoisotopic (exact) mass is 472 g/mol. The SMILES string of the molecule is O=C([O-])c1ccncc1C(=O)[O-].[NH-][C@@H]1CCCC[C@H]1[NH-].[Pt+4]. The fraction of sp³-hybridized carbons (Fsp3) is 0.462. The van der Waals surface area contributed by atoms with Crippen molar-refractivity contribution in [2.75, 3.05) is 0 Å². The fourth-order valence-corrected chi connectivity index (χ4v) is 1.87. The number of hydrogen-bond donors (Lipinski definition) is 0. The molecule has 116 valence electrons. The van der Waals surface area contributed by atoms with E-state index < -0.39 is 23.1 Å². The summed E-state index contributed by atoms with van der Waals surface area (Å²) in [6.45, 7) is 0. The molecule has 0 amide bonds. The average Bonchev–Trinajstić information content (AvgIpc) is 2.43. The van der Waals surface area contributed by atoms with Crippen molar-refractivity contribution in [3.05, 3.63) is 41.1 Å². The van der Waals surface area contributed by atoms with Crippen molar-refractivity contribution in [3.63, 3.8) is 0 Å². The van der Waals surface area contributed by atoms with Crippen LogP contribution < -0.4 is 10.2 Å². The van der Waals surface area contributed by atoms with E-state index in [0.29, 0.717) is 0 Å². The first-order chi connectivity index (χ1) is 9.43. The number of rotatable bonds is 2. The number of nitrogens with zero attached hydrogens (tertiary/aromatic N) is 1. The van der Waals surface area contributed by atoms with Crippen molar-refractivity contribution in [2.45, 2.75) is 37.8 Å². The van der Waals surface area contributed by atoms with Crippen LogP contribution in [-0.2, 0) is 21.1 Å². The number of hydrogen-bond acceptors (Lipinski definition) is 5. The number of nitrogens with one attached hydrogen (secondary N) is 2. The summed E-state index contributed by atoms with van der Waals surface area (Å²) < 4.78 is 0. The van der Waals surface area contributed by atoms with Crippen LogP contribution in [-0.4, -0.2) is 29.0 Å². The van der Waals surface area contributed by atoms with Crippen molar-refractivity contribution in [3.8, 4) is 0 Å². The maximum absolute atomic E-state index is 10.3. The van der Waals surface area contributed by atoms with E-state index in [1.165, 1.54) is 12.8 Å². The van der Waals surface area contributed by atoms with Gasteiger partial charge in [-0.25, -0.2) is 0 Å². The van der Waals surface area contributed by atoms with Gasteiger partial charge in [-0.05, 0) is 6.07 Å². The molecule has 8 heteroatoms. The summed E-state index contributed by atoms with van der Waals surface area (Å²) in [5.74, 6) is -3.14. The Balaban J connectivity index is 0.000000390. The smallest absolute Gasteiger partial charge is 0.676 e. The van der Waals surface area contributed by atoms with Gasteiger partial charge in [-0.1, -0.05) is 25.7 Å². The molecule has 0 spiro atoms. The van der Waals surface area contributed by atoms with Crippen LogP contribution in [0.2, 0.25) is 0 Å². The quantitative estimate of drug-likeness (QED) is 0.605. The van der Waals surface area contributed by atoms with Crippen LogP contribution in [0, 0.1) is 0 Å². The van der Waals surface area contributed by atoms with E-state index in [4.69, 9.17) is 11.5 Å². The van der Waals surface area contributed by atoms with Crippen LogP contribution in [0.15, 0.2) is 18.5 Å². The minimum atomic E-state index is -1.58. The number of carbonyl (C=O) groups excluding carboxylic acids is 2. The number of aromatic carboxylic acids is 2. The summed E-state index contributed by atoms with van der Waals surface area (Å²) in [7, 11) is 0. The van der Waals surface area contributed by atoms with Gasteiger partial charge in [0.1, 0.15) is 0 Å². The molecule has 1 aromatic rings. The van der Waals surface area contributed by atoms with Gasteiger partial charge in [0, 0.05) is 23.5 Å². The van der Waals surface area contributed by atoms with E-state index in [1.807, 2.05) is 0 Å². The van der Waals surface area contributed by atoms with Crippen molar-refractivity contribution in [1.29, 1.82) is 0 Å². The third kappa shape index (κ3) is 6.33. The zero-order valence-electron chi connectivity index (χ0n) is 11.1. The third-order valence-electron chi connectivity index (χ3n) is 3.03. The van der Waals surface area contributed by atoms with Gasteiger partial charge in [0.25, 0.3) is 0 Å². The third-order valence-corrected chi connectivity index (χ3v) is 3.03. The maximum Gasteiger partial charge on any atom is 4.00 e. The minimum Gasteiger partial charge on any atom is -0.676 e. The number of aromatic nitrogens is 1. The summed E-state index contributed by atoms with van der Waals surface area (Å²) in [5.41, 5.74) is 13.7. The van der Waals surface area contributed by atoms with Gasteiger partial charge >= 0.3 is 21.1 Å². The normalized spacial score (nSPS) is 20.5. The first-order valence-corrected chi connectivity index (χ1v) is 6.22. The van der Waals surface area contributed by atoms with Crippen molar-refractivity contribution in [1.82, 2.24) is 4.98 Å². The molecule has 1 fully saturated rings. The van der Waals surface area contributed by atoms with Gasteiger partial charge in [-0.2, -0.15) is 12.1 Å². The van der Waals surface area contributed by atoms with E-state index >= 15 is 0 Å². The van der Waals surface area contributed by atoms with Crippen LogP contribution in [0.4, 0.5) is 0 Å². The van der Waals surface area contributed by atoms with E-state index in [9.17, 15) is 19.8 Å². The van der Waals surface area contributed by atoms with Crippen LogP contribution in [0.3, 0.4) is 0 Å². The number of carbonyl (C=O) groups is 2. The molecule has 1 aliphatic rings. The summed E-state index contributed by atoms with van der Waals surface area (Å²) in [4.78, 5) is 24.0. The van der Waals surface area contributed by atoms with E-state index in [2.05, 4.69) is 4.98 Å². The molecule has 7 nitrogen and oxygen atoms in total. The van der Waals surface area contributed by atoms with Gasteiger partial charge in [0.2, 0.25) is 0 Å². The Hall–Kier alpha value is -1.30.